The fourth-order valence-electron chi connectivity index (χ4n) is 1.60. The minimum absolute atomic E-state index is 0.187. The molecule has 1 aromatic heterocycles. The summed E-state index contributed by atoms with van der Waals surface area (Å²) in [6.07, 6.45) is 1.26. The summed E-state index contributed by atoms with van der Waals surface area (Å²) in [6.45, 7) is 2.27. The average molecular weight is 286 g/mol. The van der Waals surface area contributed by atoms with Gasteiger partial charge in [-0.2, -0.15) is 0 Å². The molecule has 3 N–H and O–H groups in total. The van der Waals surface area contributed by atoms with E-state index in [1.165, 1.54) is 24.5 Å². The molecule has 0 aliphatic rings. The highest BCUT2D eigenvalue weighted by molar-refractivity contribution is 6.03. The molecule has 0 aliphatic carbocycles. The number of rotatable bonds is 5. The van der Waals surface area contributed by atoms with E-state index in [2.05, 4.69) is 15.3 Å². The minimum Gasteiger partial charge on any atom is -0.478 e. The van der Waals surface area contributed by atoms with Crippen LogP contribution in [0.15, 0.2) is 36.7 Å². The Morgan fingerprint density at radius 2 is 1.95 bits per heavy atom. The largest absolute Gasteiger partial charge is 0.478 e. The van der Waals surface area contributed by atoms with Crippen molar-refractivity contribution in [3.05, 3.63) is 47.9 Å². The predicted molar refractivity (Wildman–Crippen MR) is 76.1 cm³/mol. The summed E-state index contributed by atoms with van der Waals surface area (Å²) in [4.78, 5) is 30.8. The van der Waals surface area contributed by atoms with Crippen LogP contribution in [0.5, 0.6) is 5.88 Å². The number of hydrogen-bond acceptors (Lipinski definition) is 5. The number of ether oxygens (including phenoxy) is 1. The number of nitrogens with two attached hydrogens (primary N) is 1. The summed E-state index contributed by atoms with van der Waals surface area (Å²) in [5, 5.41) is 2.66. The van der Waals surface area contributed by atoms with Gasteiger partial charge in [0, 0.05) is 17.3 Å². The number of primary amides is 1. The molecule has 0 atom stereocenters. The molecule has 0 spiro atoms. The van der Waals surface area contributed by atoms with Gasteiger partial charge in [-0.3, -0.25) is 9.59 Å². The van der Waals surface area contributed by atoms with E-state index >= 15 is 0 Å². The number of nitrogens with zero attached hydrogens (tertiary/aromatic N) is 2. The van der Waals surface area contributed by atoms with Crippen LogP contribution in [0.3, 0.4) is 0 Å². The van der Waals surface area contributed by atoms with E-state index in [1.54, 1.807) is 12.1 Å². The molecule has 0 unspecified atom stereocenters. The van der Waals surface area contributed by atoms with Crippen LogP contribution < -0.4 is 15.8 Å². The molecule has 0 aliphatic heterocycles. The van der Waals surface area contributed by atoms with Crippen molar-refractivity contribution in [2.24, 2.45) is 5.73 Å². The van der Waals surface area contributed by atoms with Gasteiger partial charge in [-0.25, -0.2) is 9.97 Å². The van der Waals surface area contributed by atoms with Crippen molar-refractivity contribution in [2.45, 2.75) is 6.92 Å². The molecule has 0 bridgehead atoms. The van der Waals surface area contributed by atoms with Crippen molar-refractivity contribution in [1.82, 2.24) is 9.97 Å². The van der Waals surface area contributed by atoms with Crippen molar-refractivity contribution < 1.29 is 14.3 Å². The summed E-state index contributed by atoms with van der Waals surface area (Å²) < 4.78 is 5.21. The van der Waals surface area contributed by atoms with Gasteiger partial charge in [-0.05, 0) is 31.2 Å². The lowest BCUT2D eigenvalue weighted by atomic mass is 10.2. The molecular formula is C14H14N4O3. The summed E-state index contributed by atoms with van der Waals surface area (Å²) in [7, 11) is 0. The Balaban J connectivity index is 2.10. The van der Waals surface area contributed by atoms with Gasteiger partial charge >= 0.3 is 0 Å². The third-order valence-corrected chi connectivity index (χ3v) is 2.59. The van der Waals surface area contributed by atoms with Gasteiger partial charge in [0.15, 0.2) is 0 Å². The van der Waals surface area contributed by atoms with Crippen LogP contribution in [0.25, 0.3) is 0 Å². The first kappa shape index (κ1) is 14.4. The highest BCUT2D eigenvalue weighted by Crippen LogP contribution is 2.12. The standard InChI is InChI=1S/C14H14N4O3/c1-2-21-12-7-11(16-8-17-12)14(20)18-10-5-3-9(4-6-10)13(15)19/h3-8H,2H2,1H3,(H2,15,19)(H,18,20). The first-order valence-corrected chi connectivity index (χ1v) is 6.26. The molecular weight excluding hydrogens is 272 g/mol. The van der Waals surface area contributed by atoms with Gasteiger partial charge in [0.25, 0.3) is 5.91 Å². The number of carbonyl (C=O) groups is 2. The normalized spacial score (nSPS) is 9.95. The quantitative estimate of drug-likeness (QED) is 0.859. The maximum Gasteiger partial charge on any atom is 0.274 e. The second-order valence-electron chi connectivity index (χ2n) is 4.07. The molecule has 21 heavy (non-hydrogen) atoms. The molecule has 2 rings (SSSR count). The second kappa shape index (κ2) is 6.47. The van der Waals surface area contributed by atoms with Crippen molar-refractivity contribution >= 4 is 17.5 Å². The Morgan fingerprint density at radius 1 is 1.24 bits per heavy atom. The van der Waals surface area contributed by atoms with Crippen molar-refractivity contribution in [3.8, 4) is 5.88 Å². The number of benzene rings is 1. The van der Waals surface area contributed by atoms with Gasteiger partial charge in [-0.15, -0.1) is 0 Å². The molecule has 2 amide bonds. The van der Waals surface area contributed by atoms with E-state index in [-0.39, 0.29) is 5.69 Å². The minimum atomic E-state index is -0.523. The number of hydrogen-bond donors (Lipinski definition) is 2. The van der Waals surface area contributed by atoms with Crippen molar-refractivity contribution in [2.75, 3.05) is 11.9 Å². The lowest BCUT2D eigenvalue weighted by Crippen LogP contribution is -2.15. The molecule has 0 fully saturated rings. The molecule has 0 saturated carbocycles. The Hall–Kier alpha value is -2.96. The van der Waals surface area contributed by atoms with Gasteiger partial charge in [0.2, 0.25) is 11.8 Å². The average Bonchev–Trinajstić information content (AvgIpc) is 2.48. The summed E-state index contributed by atoms with van der Waals surface area (Å²) in [6, 6.07) is 7.69. The maximum absolute atomic E-state index is 12.0. The number of anilines is 1. The van der Waals surface area contributed by atoms with E-state index in [1.807, 2.05) is 6.92 Å². The molecule has 0 saturated heterocycles. The van der Waals surface area contributed by atoms with Crippen molar-refractivity contribution in [3.63, 3.8) is 0 Å². The lowest BCUT2D eigenvalue weighted by Gasteiger charge is -2.06. The van der Waals surface area contributed by atoms with E-state index in [0.717, 1.165) is 0 Å². The highest BCUT2D eigenvalue weighted by atomic mass is 16.5. The Kier molecular flexibility index (Phi) is 4.45. The fraction of sp³-hybridized carbons (Fsp3) is 0.143. The number of aromatic nitrogens is 2. The topological polar surface area (TPSA) is 107 Å². The summed E-state index contributed by atoms with van der Waals surface area (Å²) in [5.41, 5.74) is 6.23. The SMILES string of the molecule is CCOc1cc(C(=O)Nc2ccc(C(N)=O)cc2)ncn1. The first-order chi connectivity index (χ1) is 10.1. The Bertz CT molecular complexity index is 656. The van der Waals surface area contributed by atoms with Crippen molar-refractivity contribution in [1.29, 1.82) is 0 Å². The maximum atomic E-state index is 12.0. The predicted octanol–water partition coefficient (Wildman–Crippen LogP) is 1.23. The van der Waals surface area contributed by atoms with E-state index in [4.69, 9.17) is 10.5 Å². The Labute approximate surface area is 121 Å². The zero-order valence-electron chi connectivity index (χ0n) is 11.4. The zero-order valence-corrected chi connectivity index (χ0v) is 11.4. The van der Waals surface area contributed by atoms with Crippen LogP contribution in [0.4, 0.5) is 5.69 Å². The van der Waals surface area contributed by atoms with Crippen LogP contribution in [0.2, 0.25) is 0 Å². The van der Waals surface area contributed by atoms with Gasteiger partial charge in [0.05, 0.1) is 6.61 Å². The van der Waals surface area contributed by atoms with E-state index < -0.39 is 11.8 Å². The second-order valence-corrected chi connectivity index (χ2v) is 4.07. The number of nitrogens with one attached hydrogen (secondary N) is 1. The zero-order chi connectivity index (χ0) is 15.2. The monoisotopic (exact) mass is 286 g/mol. The molecule has 7 nitrogen and oxygen atoms in total. The van der Waals surface area contributed by atoms with Crippen LogP contribution >= 0.6 is 0 Å². The highest BCUT2D eigenvalue weighted by Gasteiger charge is 2.10. The Morgan fingerprint density at radius 3 is 2.57 bits per heavy atom. The smallest absolute Gasteiger partial charge is 0.274 e. The van der Waals surface area contributed by atoms with Crippen LogP contribution in [-0.2, 0) is 0 Å². The first-order valence-electron chi connectivity index (χ1n) is 6.26. The van der Waals surface area contributed by atoms with Gasteiger partial charge in [-0.1, -0.05) is 0 Å². The van der Waals surface area contributed by atoms with Crippen LogP contribution in [0, 0.1) is 0 Å². The molecule has 0 radical (unpaired) electrons. The van der Waals surface area contributed by atoms with E-state index in [9.17, 15) is 9.59 Å². The summed E-state index contributed by atoms with van der Waals surface area (Å²) in [5.74, 6) is -0.586. The molecule has 108 valence electrons. The third kappa shape index (κ3) is 3.75. The summed E-state index contributed by atoms with van der Waals surface area (Å²) >= 11 is 0. The molecule has 1 heterocycles. The third-order valence-electron chi connectivity index (χ3n) is 2.59. The van der Waals surface area contributed by atoms with Gasteiger partial charge in [0.1, 0.15) is 12.0 Å². The number of amides is 2. The number of carbonyl (C=O) groups excluding carboxylic acids is 2. The fourth-order valence-corrected chi connectivity index (χ4v) is 1.60. The van der Waals surface area contributed by atoms with E-state index in [0.29, 0.717) is 23.7 Å². The van der Waals surface area contributed by atoms with Crippen LogP contribution in [-0.4, -0.2) is 28.4 Å². The van der Waals surface area contributed by atoms with Crippen LogP contribution in [0.1, 0.15) is 27.8 Å². The molecule has 7 heteroatoms. The molecule has 2 aromatic rings. The van der Waals surface area contributed by atoms with Gasteiger partial charge < -0.3 is 15.8 Å². The molecule has 1 aromatic carbocycles. The lowest BCUT2D eigenvalue weighted by molar-refractivity contribution is 0.0998.